The summed E-state index contributed by atoms with van der Waals surface area (Å²) in [6.45, 7) is 1.91. The molecule has 1 aliphatic rings. The summed E-state index contributed by atoms with van der Waals surface area (Å²) in [6, 6.07) is 5.52. The van der Waals surface area contributed by atoms with Crippen LogP contribution in [0.3, 0.4) is 0 Å². The Morgan fingerprint density at radius 2 is 1.94 bits per heavy atom. The number of halogens is 1. The van der Waals surface area contributed by atoms with Crippen molar-refractivity contribution in [2.24, 2.45) is 5.73 Å². The average molecular weight is 250 g/mol. The van der Waals surface area contributed by atoms with Crippen LogP contribution in [0.4, 0.5) is 10.1 Å². The summed E-state index contributed by atoms with van der Waals surface area (Å²) in [4.78, 5) is 2.10. The molecule has 1 aromatic rings. The Hall–Kier alpha value is -1.09. The highest BCUT2D eigenvalue weighted by Crippen LogP contribution is 2.32. The fourth-order valence-corrected chi connectivity index (χ4v) is 2.92. The van der Waals surface area contributed by atoms with E-state index in [4.69, 9.17) is 5.73 Å². The Morgan fingerprint density at radius 1 is 1.28 bits per heavy atom. The summed E-state index contributed by atoms with van der Waals surface area (Å²) in [5.41, 5.74) is 7.56. The SMILES string of the molecule is C[C@@H](N)c1cccc(F)c1N(C)C1CCCCC1. The third-order valence-electron chi connectivity index (χ3n) is 3.98. The first-order valence-electron chi connectivity index (χ1n) is 6.88. The second kappa shape index (κ2) is 5.70. The van der Waals surface area contributed by atoms with Crippen molar-refractivity contribution in [3.05, 3.63) is 29.6 Å². The quantitative estimate of drug-likeness (QED) is 0.888. The number of rotatable bonds is 3. The molecule has 100 valence electrons. The topological polar surface area (TPSA) is 29.3 Å². The van der Waals surface area contributed by atoms with Crippen LogP contribution < -0.4 is 10.6 Å². The first kappa shape index (κ1) is 13.3. The zero-order valence-corrected chi connectivity index (χ0v) is 11.3. The molecule has 1 aliphatic carbocycles. The third-order valence-corrected chi connectivity index (χ3v) is 3.98. The molecule has 1 atom stereocenters. The van der Waals surface area contributed by atoms with E-state index in [9.17, 15) is 4.39 Å². The van der Waals surface area contributed by atoms with Gasteiger partial charge in [-0.3, -0.25) is 0 Å². The molecule has 0 aromatic heterocycles. The lowest BCUT2D eigenvalue weighted by Crippen LogP contribution is -2.35. The summed E-state index contributed by atoms with van der Waals surface area (Å²) in [5, 5.41) is 0. The maximum absolute atomic E-state index is 14.1. The van der Waals surface area contributed by atoms with Gasteiger partial charge < -0.3 is 10.6 Å². The van der Waals surface area contributed by atoms with Gasteiger partial charge >= 0.3 is 0 Å². The van der Waals surface area contributed by atoms with Crippen molar-refractivity contribution in [2.45, 2.75) is 51.1 Å². The molecular weight excluding hydrogens is 227 g/mol. The maximum Gasteiger partial charge on any atom is 0.146 e. The summed E-state index contributed by atoms with van der Waals surface area (Å²) < 4.78 is 14.1. The molecule has 2 N–H and O–H groups in total. The minimum atomic E-state index is -0.155. The van der Waals surface area contributed by atoms with Gasteiger partial charge in [-0.05, 0) is 31.4 Å². The highest BCUT2D eigenvalue weighted by atomic mass is 19.1. The van der Waals surface area contributed by atoms with E-state index in [0.717, 1.165) is 18.4 Å². The second-order valence-electron chi connectivity index (χ2n) is 5.37. The maximum atomic E-state index is 14.1. The normalized spacial score (nSPS) is 18.7. The van der Waals surface area contributed by atoms with Gasteiger partial charge in [0.15, 0.2) is 0 Å². The first-order valence-corrected chi connectivity index (χ1v) is 6.88. The molecule has 1 fully saturated rings. The number of anilines is 1. The van der Waals surface area contributed by atoms with E-state index in [1.54, 1.807) is 6.07 Å². The summed E-state index contributed by atoms with van der Waals surface area (Å²) >= 11 is 0. The van der Waals surface area contributed by atoms with Crippen LogP contribution in [-0.2, 0) is 0 Å². The zero-order valence-electron chi connectivity index (χ0n) is 11.3. The number of hydrogen-bond donors (Lipinski definition) is 1. The van der Waals surface area contributed by atoms with Crippen LogP contribution in [0.25, 0.3) is 0 Å². The van der Waals surface area contributed by atoms with Gasteiger partial charge in [-0.2, -0.15) is 0 Å². The van der Waals surface area contributed by atoms with Gasteiger partial charge in [0.1, 0.15) is 5.82 Å². The molecule has 0 saturated heterocycles. The minimum absolute atomic E-state index is 0.137. The molecule has 0 unspecified atom stereocenters. The Kier molecular flexibility index (Phi) is 4.23. The van der Waals surface area contributed by atoms with Gasteiger partial charge in [-0.1, -0.05) is 31.4 Å². The van der Waals surface area contributed by atoms with Crippen molar-refractivity contribution in [1.82, 2.24) is 0 Å². The standard InChI is InChI=1S/C15H23FN2/c1-11(17)13-9-6-10-14(16)15(13)18(2)12-7-4-3-5-8-12/h6,9-12H,3-5,7-8,17H2,1-2H3/t11-/m1/s1. The molecule has 3 heteroatoms. The molecule has 0 bridgehead atoms. The summed E-state index contributed by atoms with van der Waals surface area (Å²) in [5.74, 6) is -0.155. The van der Waals surface area contributed by atoms with E-state index in [-0.39, 0.29) is 11.9 Å². The average Bonchev–Trinajstić information content (AvgIpc) is 2.38. The fraction of sp³-hybridized carbons (Fsp3) is 0.600. The van der Waals surface area contributed by atoms with Gasteiger partial charge in [-0.25, -0.2) is 4.39 Å². The predicted molar refractivity (Wildman–Crippen MR) is 74.3 cm³/mol. The summed E-state index contributed by atoms with van der Waals surface area (Å²) in [6.07, 6.45) is 6.11. The number of benzene rings is 1. The van der Waals surface area contributed by atoms with Crippen LogP contribution >= 0.6 is 0 Å². The smallest absolute Gasteiger partial charge is 0.146 e. The first-order chi connectivity index (χ1) is 8.61. The lowest BCUT2D eigenvalue weighted by molar-refractivity contribution is 0.423. The van der Waals surface area contributed by atoms with Crippen molar-refractivity contribution in [1.29, 1.82) is 0 Å². The summed E-state index contributed by atoms with van der Waals surface area (Å²) in [7, 11) is 2.00. The van der Waals surface area contributed by atoms with E-state index in [0.29, 0.717) is 11.7 Å². The van der Waals surface area contributed by atoms with Gasteiger partial charge in [-0.15, -0.1) is 0 Å². The van der Waals surface area contributed by atoms with E-state index >= 15 is 0 Å². The van der Waals surface area contributed by atoms with E-state index < -0.39 is 0 Å². The lowest BCUT2D eigenvalue weighted by atomic mass is 9.93. The lowest BCUT2D eigenvalue weighted by Gasteiger charge is -2.35. The van der Waals surface area contributed by atoms with Gasteiger partial charge in [0, 0.05) is 19.1 Å². The van der Waals surface area contributed by atoms with Crippen LogP contribution in [0.1, 0.15) is 50.6 Å². The highest BCUT2D eigenvalue weighted by molar-refractivity contribution is 5.56. The van der Waals surface area contributed by atoms with Crippen LogP contribution in [0.5, 0.6) is 0 Å². The number of nitrogens with two attached hydrogens (primary N) is 1. The predicted octanol–water partition coefficient (Wildman–Crippen LogP) is 3.61. The minimum Gasteiger partial charge on any atom is -0.369 e. The van der Waals surface area contributed by atoms with Crippen LogP contribution in [-0.4, -0.2) is 13.1 Å². The van der Waals surface area contributed by atoms with Crippen molar-refractivity contribution < 1.29 is 4.39 Å². The largest absolute Gasteiger partial charge is 0.369 e. The van der Waals surface area contributed by atoms with Crippen molar-refractivity contribution in [2.75, 3.05) is 11.9 Å². The molecule has 0 radical (unpaired) electrons. The molecule has 2 nitrogen and oxygen atoms in total. The van der Waals surface area contributed by atoms with Crippen LogP contribution in [0, 0.1) is 5.82 Å². The monoisotopic (exact) mass is 250 g/mol. The van der Waals surface area contributed by atoms with Gasteiger partial charge in [0.05, 0.1) is 5.69 Å². The van der Waals surface area contributed by atoms with Crippen molar-refractivity contribution in [3.63, 3.8) is 0 Å². The fourth-order valence-electron chi connectivity index (χ4n) is 2.92. The Morgan fingerprint density at radius 3 is 2.56 bits per heavy atom. The molecule has 0 amide bonds. The Labute approximate surface area is 109 Å². The van der Waals surface area contributed by atoms with E-state index in [2.05, 4.69) is 4.90 Å². The van der Waals surface area contributed by atoms with Crippen molar-refractivity contribution in [3.8, 4) is 0 Å². The zero-order chi connectivity index (χ0) is 13.1. The Balaban J connectivity index is 2.30. The van der Waals surface area contributed by atoms with Gasteiger partial charge in [0.2, 0.25) is 0 Å². The highest BCUT2D eigenvalue weighted by Gasteiger charge is 2.23. The molecule has 2 rings (SSSR count). The third kappa shape index (κ3) is 2.66. The molecule has 1 aromatic carbocycles. The van der Waals surface area contributed by atoms with Crippen LogP contribution in [0.15, 0.2) is 18.2 Å². The molecule has 0 aliphatic heterocycles. The molecule has 18 heavy (non-hydrogen) atoms. The van der Waals surface area contributed by atoms with Gasteiger partial charge in [0.25, 0.3) is 0 Å². The van der Waals surface area contributed by atoms with E-state index in [1.807, 2.05) is 20.0 Å². The number of nitrogens with zero attached hydrogens (tertiary/aromatic N) is 1. The number of para-hydroxylation sites is 1. The molecule has 0 heterocycles. The van der Waals surface area contributed by atoms with Crippen LogP contribution in [0.2, 0.25) is 0 Å². The Bertz CT molecular complexity index is 397. The molecule has 1 saturated carbocycles. The molecule has 0 spiro atoms. The molecular formula is C15H23FN2. The van der Waals surface area contributed by atoms with Crippen molar-refractivity contribution >= 4 is 5.69 Å². The number of hydrogen-bond acceptors (Lipinski definition) is 2. The second-order valence-corrected chi connectivity index (χ2v) is 5.37. The van der Waals surface area contributed by atoms with E-state index in [1.165, 1.54) is 25.3 Å².